The van der Waals surface area contributed by atoms with E-state index in [9.17, 15) is 9.59 Å². The second-order valence-electron chi connectivity index (χ2n) is 8.86. The molecular formula is C27H31N3O4. The Balaban J connectivity index is 1.36. The summed E-state index contributed by atoms with van der Waals surface area (Å²) < 4.78 is 11.0. The maximum Gasteiger partial charge on any atom is 0.255 e. The fourth-order valence-corrected chi connectivity index (χ4v) is 4.33. The molecule has 1 aliphatic rings. The number of ether oxygens (including phenoxy) is 1. The van der Waals surface area contributed by atoms with Gasteiger partial charge in [0.1, 0.15) is 18.1 Å². The first-order chi connectivity index (χ1) is 16.4. The molecule has 1 aliphatic carbocycles. The molecule has 1 heterocycles. The number of aryl methyl sites for hydroxylation is 2. The average molecular weight is 462 g/mol. The topological polar surface area (TPSA) is 84.7 Å². The van der Waals surface area contributed by atoms with Crippen molar-refractivity contribution in [2.75, 3.05) is 12.4 Å². The lowest BCUT2D eigenvalue weighted by Gasteiger charge is -2.31. The van der Waals surface area contributed by atoms with Gasteiger partial charge in [0.05, 0.1) is 11.3 Å². The van der Waals surface area contributed by atoms with Crippen LogP contribution in [0.3, 0.4) is 0 Å². The lowest BCUT2D eigenvalue weighted by atomic mass is 9.94. The Kier molecular flexibility index (Phi) is 7.30. The molecule has 0 aliphatic heterocycles. The number of hydrogen-bond acceptors (Lipinski definition) is 5. The molecule has 34 heavy (non-hydrogen) atoms. The summed E-state index contributed by atoms with van der Waals surface area (Å²) in [6.45, 7) is 4.03. The Morgan fingerprint density at radius 1 is 1.06 bits per heavy atom. The Morgan fingerprint density at radius 2 is 1.79 bits per heavy atom. The van der Waals surface area contributed by atoms with Crippen LogP contribution >= 0.6 is 0 Å². The molecule has 3 aromatic rings. The van der Waals surface area contributed by atoms with Gasteiger partial charge in [0.15, 0.2) is 0 Å². The summed E-state index contributed by atoms with van der Waals surface area (Å²) >= 11 is 0. The summed E-state index contributed by atoms with van der Waals surface area (Å²) in [6, 6.07) is 14.4. The normalized spacial score (nSPS) is 14.0. The van der Waals surface area contributed by atoms with Gasteiger partial charge in [-0.25, -0.2) is 0 Å². The van der Waals surface area contributed by atoms with Gasteiger partial charge in [0.25, 0.3) is 11.8 Å². The molecule has 0 atom stereocenters. The van der Waals surface area contributed by atoms with Gasteiger partial charge < -0.3 is 19.5 Å². The van der Waals surface area contributed by atoms with E-state index in [4.69, 9.17) is 9.26 Å². The van der Waals surface area contributed by atoms with Crippen molar-refractivity contribution in [1.82, 2.24) is 10.1 Å². The van der Waals surface area contributed by atoms with Crippen molar-refractivity contribution in [2.24, 2.45) is 0 Å². The first-order valence-corrected chi connectivity index (χ1v) is 11.8. The van der Waals surface area contributed by atoms with Crippen molar-refractivity contribution >= 4 is 17.5 Å². The predicted octanol–water partition coefficient (Wildman–Crippen LogP) is 5.53. The highest BCUT2D eigenvalue weighted by Crippen LogP contribution is 2.24. The smallest absolute Gasteiger partial charge is 0.255 e. The van der Waals surface area contributed by atoms with Crippen LogP contribution in [-0.2, 0) is 6.61 Å². The third kappa shape index (κ3) is 5.47. The first-order valence-electron chi connectivity index (χ1n) is 11.8. The molecule has 2 amide bonds. The molecule has 0 bridgehead atoms. The number of nitrogens with one attached hydrogen (secondary N) is 1. The van der Waals surface area contributed by atoms with Gasteiger partial charge in [-0.3, -0.25) is 9.59 Å². The highest BCUT2D eigenvalue weighted by atomic mass is 16.5. The quantitative estimate of drug-likeness (QED) is 0.500. The van der Waals surface area contributed by atoms with Gasteiger partial charge in [-0.2, -0.15) is 0 Å². The minimum Gasteiger partial charge on any atom is -0.489 e. The number of rotatable bonds is 7. The van der Waals surface area contributed by atoms with Gasteiger partial charge in [-0.1, -0.05) is 30.5 Å². The van der Waals surface area contributed by atoms with E-state index in [0.717, 1.165) is 29.9 Å². The van der Waals surface area contributed by atoms with E-state index in [0.29, 0.717) is 35.2 Å². The largest absolute Gasteiger partial charge is 0.489 e. The number of carbonyl (C=O) groups is 2. The van der Waals surface area contributed by atoms with Crippen molar-refractivity contribution < 1.29 is 18.8 Å². The Bertz CT molecular complexity index is 1130. The van der Waals surface area contributed by atoms with Gasteiger partial charge in [-0.15, -0.1) is 0 Å². The van der Waals surface area contributed by atoms with Crippen LogP contribution in [0.25, 0.3) is 0 Å². The van der Waals surface area contributed by atoms with Crippen LogP contribution in [0.1, 0.15) is 69.8 Å². The summed E-state index contributed by atoms with van der Waals surface area (Å²) in [4.78, 5) is 27.5. The average Bonchev–Trinajstić information content (AvgIpc) is 3.19. The van der Waals surface area contributed by atoms with Crippen LogP contribution in [0, 0.1) is 13.8 Å². The van der Waals surface area contributed by atoms with Crippen molar-refractivity contribution in [3.05, 3.63) is 76.7 Å². The van der Waals surface area contributed by atoms with E-state index in [-0.39, 0.29) is 11.8 Å². The Hall–Kier alpha value is -3.61. The molecule has 2 aromatic carbocycles. The molecule has 1 fully saturated rings. The molecule has 0 radical (unpaired) electrons. The van der Waals surface area contributed by atoms with E-state index >= 15 is 0 Å². The summed E-state index contributed by atoms with van der Waals surface area (Å²) in [5.41, 5.74) is 3.43. The van der Waals surface area contributed by atoms with Gasteiger partial charge >= 0.3 is 0 Å². The maximum atomic E-state index is 12.8. The fourth-order valence-electron chi connectivity index (χ4n) is 4.33. The monoisotopic (exact) mass is 461 g/mol. The third-order valence-corrected chi connectivity index (χ3v) is 6.49. The van der Waals surface area contributed by atoms with Crippen molar-refractivity contribution in [3.8, 4) is 5.75 Å². The zero-order valence-corrected chi connectivity index (χ0v) is 20.0. The number of aromatic nitrogens is 1. The number of carbonyl (C=O) groups excluding carboxylic acids is 2. The Morgan fingerprint density at radius 3 is 2.47 bits per heavy atom. The van der Waals surface area contributed by atoms with Crippen molar-refractivity contribution in [2.45, 2.75) is 58.6 Å². The molecule has 1 N–H and O–H groups in total. The highest BCUT2D eigenvalue weighted by Gasteiger charge is 2.23. The molecule has 0 unspecified atom stereocenters. The molecular weight excluding hydrogens is 430 g/mol. The van der Waals surface area contributed by atoms with E-state index < -0.39 is 0 Å². The fraction of sp³-hybridized carbons (Fsp3) is 0.370. The molecule has 7 heteroatoms. The molecule has 4 rings (SSSR count). The van der Waals surface area contributed by atoms with E-state index in [1.54, 1.807) is 48.5 Å². The molecule has 0 spiro atoms. The van der Waals surface area contributed by atoms with Crippen LogP contribution in [-0.4, -0.2) is 35.0 Å². The number of amides is 2. The number of nitrogens with zero attached hydrogens (tertiary/aromatic N) is 2. The van der Waals surface area contributed by atoms with Crippen molar-refractivity contribution in [1.29, 1.82) is 0 Å². The van der Waals surface area contributed by atoms with Crippen LogP contribution < -0.4 is 10.1 Å². The predicted molar refractivity (Wildman–Crippen MR) is 130 cm³/mol. The van der Waals surface area contributed by atoms with Gasteiger partial charge in [0.2, 0.25) is 0 Å². The number of hydrogen-bond donors (Lipinski definition) is 1. The van der Waals surface area contributed by atoms with Crippen LogP contribution in [0.4, 0.5) is 5.69 Å². The highest BCUT2D eigenvalue weighted by molar-refractivity contribution is 6.04. The number of benzene rings is 2. The molecule has 0 saturated heterocycles. The van der Waals surface area contributed by atoms with Crippen LogP contribution in [0.5, 0.6) is 5.75 Å². The minimum absolute atomic E-state index is 0.0212. The molecule has 1 saturated carbocycles. The summed E-state index contributed by atoms with van der Waals surface area (Å²) in [7, 11) is 1.88. The van der Waals surface area contributed by atoms with Crippen molar-refractivity contribution in [3.63, 3.8) is 0 Å². The molecule has 1 aromatic heterocycles. The summed E-state index contributed by atoms with van der Waals surface area (Å²) in [5, 5.41) is 6.82. The van der Waals surface area contributed by atoms with Crippen LogP contribution in [0.2, 0.25) is 0 Å². The SMILES string of the molecule is Cc1noc(C)c1COc1cccc(C(=O)Nc2ccc(C(=O)N(C)C3CCCCC3)cc2)c1. The van der Waals surface area contributed by atoms with Gasteiger partial charge in [0, 0.05) is 29.9 Å². The first kappa shape index (κ1) is 23.5. The maximum absolute atomic E-state index is 12.8. The second-order valence-corrected chi connectivity index (χ2v) is 8.86. The van der Waals surface area contributed by atoms with Crippen LogP contribution in [0.15, 0.2) is 53.1 Å². The van der Waals surface area contributed by atoms with E-state index in [1.165, 1.54) is 19.3 Å². The summed E-state index contributed by atoms with van der Waals surface area (Å²) in [5.74, 6) is 1.08. The Labute approximate surface area is 200 Å². The zero-order chi connectivity index (χ0) is 24.1. The lowest BCUT2D eigenvalue weighted by Crippen LogP contribution is -2.38. The van der Waals surface area contributed by atoms with E-state index in [2.05, 4.69) is 10.5 Å². The standard InChI is InChI=1S/C27H31N3O4/c1-18-25(19(2)34-29-18)17-33-24-11-7-8-21(16-24)26(31)28-22-14-12-20(13-15-22)27(32)30(3)23-9-5-4-6-10-23/h7-8,11-16,23H,4-6,9-10,17H2,1-3H3,(H,28,31). The molecule has 7 nitrogen and oxygen atoms in total. The van der Waals surface area contributed by atoms with Gasteiger partial charge in [-0.05, 0) is 69.2 Å². The zero-order valence-electron chi connectivity index (χ0n) is 20.0. The lowest BCUT2D eigenvalue weighted by molar-refractivity contribution is 0.0696. The number of anilines is 1. The van der Waals surface area contributed by atoms with E-state index in [1.807, 2.05) is 25.8 Å². The third-order valence-electron chi connectivity index (χ3n) is 6.49. The minimum atomic E-state index is -0.249. The summed E-state index contributed by atoms with van der Waals surface area (Å²) in [6.07, 6.45) is 5.75. The second kappa shape index (κ2) is 10.5. The molecule has 178 valence electrons.